The van der Waals surface area contributed by atoms with Crippen molar-refractivity contribution < 1.29 is 0 Å². The number of rotatable bonds is 4. The number of hydrogen-bond donors (Lipinski definition) is 0. The van der Waals surface area contributed by atoms with Crippen LogP contribution in [0.4, 0.5) is 0 Å². The molecule has 0 aliphatic carbocycles. The summed E-state index contributed by atoms with van der Waals surface area (Å²) in [7, 11) is -2.25. The van der Waals surface area contributed by atoms with Crippen LogP contribution in [0.25, 0.3) is 0 Å². The summed E-state index contributed by atoms with van der Waals surface area (Å²) in [6.45, 7) is 1.86. The van der Waals surface area contributed by atoms with Gasteiger partial charge in [0.25, 0.3) is 0 Å². The van der Waals surface area contributed by atoms with Crippen molar-refractivity contribution in [1.29, 1.82) is 0 Å². The molecule has 0 aromatic heterocycles. The van der Waals surface area contributed by atoms with Gasteiger partial charge in [-0.1, -0.05) is 0 Å². The summed E-state index contributed by atoms with van der Waals surface area (Å²) in [6.07, 6.45) is -2.72. The second-order valence-electron chi connectivity index (χ2n) is 5.58. The first-order chi connectivity index (χ1) is 11.5. The zero-order valence-corrected chi connectivity index (χ0v) is 16.7. The molecule has 5 heteroatoms. The van der Waals surface area contributed by atoms with Crippen LogP contribution in [0, 0.1) is 0 Å². The molecule has 0 fully saturated rings. The molecule has 0 unspecified atom stereocenters. The minimum atomic E-state index is -2.72. The Kier molecular flexibility index (Phi) is 5.48. The third-order valence-electron chi connectivity index (χ3n) is 3.72. The Morgan fingerprint density at radius 1 is 0.625 bits per heavy atom. The predicted octanol–water partition coefficient (Wildman–Crippen LogP) is 5.77. The van der Waals surface area contributed by atoms with Crippen molar-refractivity contribution in [2.24, 2.45) is 4.52 Å². The van der Waals surface area contributed by atoms with Gasteiger partial charge in [-0.15, -0.1) is 0 Å². The van der Waals surface area contributed by atoms with Crippen LogP contribution in [0.15, 0.2) is 95.5 Å². The van der Waals surface area contributed by atoms with Crippen molar-refractivity contribution in [2.45, 2.75) is 0 Å². The summed E-state index contributed by atoms with van der Waals surface area (Å²) in [5, 5.41) is 3.51. The molecule has 0 aliphatic heterocycles. The van der Waals surface area contributed by atoms with Gasteiger partial charge in [0.2, 0.25) is 0 Å². The van der Waals surface area contributed by atoms with E-state index in [0.717, 1.165) is 0 Å². The van der Waals surface area contributed by atoms with Crippen LogP contribution in [0.5, 0.6) is 0 Å². The van der Waals surface area contributed by atoms with Gasteiger partial charge in [0.1, 0.15) is 0 Å². The summed E-state index contributed by atoms with van der Waals surface area (Å²) < 4.78 is 5.13. The molecule has 3 rings (SSSR count). The predicted molar refractivity (Wildman–Crippen MR) is 114 cm³/mol. The molecule has 0 N–H and O–H groups in total. The zero-order chi connectivity index (χ0) is 17.0. The molecule has 0 spiro atoms. The Balaban J connectivity index is 2.45. The molecule has 3 aromatic carbocycles. The van der Waals surface area contributed by atoms with E-state index in [1.54, 1.807) is 0 Å². The summed E-state index contributed by atoms with van der Waals surface area (Å²) in [5.41, 5.74) is 0. The van der Waals surface area contributed by atoms with Crippen molar-refractivity contribution in [3.63, 3.8) is 0 Å². The molecule has 1 nitrogen and oxygen atoms in total. The molecule has 0 amide bonds. The Bertz CT molecular complexity index is 741. The van der Waals surface area contributed by atoms with Crippen molar-refractivity contribution in [1.82, 2.24) is 0 Å². The summed E-state index contributed by atoms with van der Waals surface area (Å²) >= 11 is 13.1. The maximum absolute atomic E-state index is 6.53. The van der Waals surface area contributed by atoms with Crippen LogP contribution >= 0.6 is 35.7 Å². The average Bonchev–Trinajstić information content (AvgIpc) is 2.61. The van der Waals surface area contributed by atoms with Gasteiger partial charge < -0.3 is 0 Å². The van der Waals surface area contributed by atoms with Gasteiger partial charge in [-0.05, 0) is 0 Å². The van der Waals surface area contributed by atoms with Crippen LogP contribution in [-0.2, 0) is 0 Å². The molecule has 0 saturated heterocycles. The SMILES string of the molecule is C[PH](Cl)(Cl)N=P(c1ccccc1)(c1ccccc1)c1ccccc1. The summed E-state index contributed by atoms with van der Waals surface area (Å²) in [6, 6.07) is 31.1. The van der Waals surface area contributed by atoms with Crippen LogP contribution in [0.3, 0.4) is 0 Å². The molecule has 0 radical (unpaired) electrons. The van der Waals surface area contributed by atoms with Crippen LogP contribution < -0.4 is 15.9 Å². The van der Waals surface area contributed by atoms with Crippen LogP contribution in [0.1, 0.15) is 0 Å². The monoisotopic (exact) mass is 393 g/mol. The fourth-order valence-corrected chi connectivity index (χ4v) is 11.1. The first-order valence-corrected chi connectivity index (χ1v) is 13.9. The molecule has 0 saturated carbocycles. The van der Waals surface area contributed by atoms with Crippen molar-refractivity contribution in [3.05, 3.63) is 91.0 Å². The summed E-state index contributed by atoms with van der Waals surface area (Å²) in [4.78, 5) is 0. The van der Waals surface area contributed by atoms with Crippen LogP contribution in [-0.4, -0.2) is 6.66 Å². The maximum atomic E-state index is 6.53. The number of benzene rings is 3. The molecule has 0 bridgehead atoms. The minimum absolute atomic E-state index is 1.17. The van der Waals surface area contributed by atoms with Crippen LogP contribution in [0.2, 0.25) is 0 Å². The fourth-order valence-electron chi connectivity index (χ4n) is 2.82. The first-order valence-electron chi connectivity index (χ1n) is 7.70. The first kappa shape index (κ1) is 17.7. The molecular weight excluding hydrogens is 375 g/mol. The molecule has 0 atom stereocenters. The van der Waals surface area contributed by atoms with E-state index >= 15 is 0 Å². The number of hydrogen-bond acceptors (Lipinski definition) is 1. The molecule has 3 aromatic rings. The number of halogens is 2. The third kappa shape index (κ3) is 3.76. The Morgan fingerprint density at radius 2 is 0.917 bits per heavy atom. The van der Waals surface area contributed by atoms with E-state index < -0.39 is 13.2 Å². The van der Waals surface area contributed by atoms with E-state index in [-0.39, 0.29) is 0 Å². The van der Waals surface area contributed by atoms with E-state index in [0.29, 0.717) is 0 Å². The van der Waals surface area contributed by atoms with Gasteiger partial charge in [-0.25, -0.2) is 0 Å². The molecule has 24 heavy (non-hydrogen) atoms. The standard InChI is InChI=1S/C19H19Cl2NP2/c1-23(20,21)22-24(17-11-5-2-6-12-17,18-13-7-3-8-14-18)19-15-9-4-10-16-19/h2-16,23H,1H3. The van der Waals surface area contributed by atoms with Crippen molar-refractivity contribution in [2.75, 3.05) is 6.66 Å². The quantitative estimate of drug-likeness (QED) is 0.499. The molecule has 0 heterocycles. The van der Waals surface area contributed by atoms with E-state index in [1.165, 1.54) is 15.9 Å². The fraction of sp³-hybridized carbons (Fsp3) is 0.0526. The van der Waals surface area contributed by atoms with E-state index in [2.05, 4.69) is 36.4 Å². The van der Waals surface area contributed by atoms with E-state index in [1.807, 2.05) is 61.3 Å². The normalized spacial score (nSPS) is 12.6. The second kappa shape index (κ2) is 7.42. The Hall–Kier alpha value is -1.10. The summed E-state index contributed by atoms with van der Waals surface area (Å²) in [5.74, 6) is 0. The average molecular weight is 394 g/mol. The number of nitrogens with zero attached hydrogens (tertiary/aromatic N) is 1. The second-order valence-corrected chi connectivity index (χ2v) is 15.9. The van der Waals surface area contributed by atoms with Gasteiger partial charge >= 0.3 is 154 Å². The zero-order valence-electron chi connectivity index (χ0n) is 13.3. The Morgan fingerprint density at radius 3 is 1.17 bits per heavy atom. The topological polar surface area (TPSA) is 12.4 Å². The van der Waals surface area contributed by atoms with Crippen molar-refractivity contribution in [3.8, 4) is 0 Å². The van der Waals surface area contributed by atoms with Gasteiger partial charge in [-0.2, -0.15) is 0 Å². The van der Waals surface area contributed by atoms with Gasteiger partial charge in [0, 0.05) is 0 Å². The third-order valence-corrected chi connectivity index (χ3v) is 10.8. The van der Waals surface area contributed by atoms with E-state index in [9.17, 15) is 0 Å². The van der Waals surface area contributed by atoms with Gasteiger partial charge in [-0.3, -0.25) is 0 Å². The molecule has 124 valence electrons. The Labute approximate surface area is 153 Å². The van der Waals surface area contributed by atoms with Gasteiger partial charge in [0.05, 0.1) is 0 Å². The van der Waals surface area contributed by atoms with E-state index in [4.69, 9.17) is 27.0 Å². The molecule has 0 aliphatic rings. The van der Waals surface area contributed by atoms with Gasteiger partial charge in [0.15, 0.2) is 0 Å². The molecular formula is C19H19Cl2NP2. The van der Waals surface area contributed by atoms with Crippen molar-refractivity contribution >= 4 is 51.6 Å².